The van der Waals surface area contributed by atoms with Gasteiger partial charge in [0, 0.05) is 22.4 Å². The minimum absolute atomic E-state index is 0.174. The molecule has 0 aliphatic heterocycles. The van der Waals surface area contributed by atoms with E-state index in [-0.39, 0.29) is 5.41 Å². The van der Waals surface area contributed by atoms with Crippen LogP contribution >= 0.6 is 0 Å². The van der Waals surface area contributed by atoms with E-state index >= 15 is 0 Å². The van der Waals surface area contributed by atoms with E-state index in [4.69, 9.17) is 0 Å². The maximum Gasteiger partial charge on any atom is 0.0726 e. The molecule has 0 saturated heterocycles. The van der Waals surface area contributed by atoms with Crippen LogP contribution in [0.15, 0.2) is 249 Å². The van der Waals surface area contributed by atoms with Gasteiger partial charge in [-0.2, -0.15) is 0 Å². The van der Waals surface area contributed by atoms with Gasteiger partial charge in [-0.3, -0.25) is 0 Å². The fourth-order valence-electron chi connectivity index (χ4n) is 13.3. The molecular formula is C70H47N. The number of benzene rings is 12. The van der Waals surface area contributed by atoms with Crippen LogP contribution in [-0.4, -0.2) is 0 Å². The standard InChI is InChI=1S/C70H47N/c1-69(2)62-30-16-13-27-53(62)56-36-34-47(40-65(56)69)71(68-38-33-46(44-19-5-3-6-20-44)39-58(68)45-21-7-4-8-22-45)48-35-37-57-54-28-14-17-31-63(54)70(66(57)41-48)64-32-18-15-29-55(64)61-42-59-51-25-11-9-23-49(51)50-24-10-12-26-52(50)60(59)43-67(61)70/h3-43H,1-2H3. The lowest BCUT2D eigenvalue weighted by Gasteiger charge is -2.33. The van der Waals surface area contributed by atoms with E-state index in [1.54, 1.807) is 0 Å². The molecule has 12 aromatic rings. The SMILES string of the molecule is CC1(C)c2ccccc2-c2ccc(N(c3ccc4c(c3)C3(c5ccccc5-4)c4ccccc4-c4cc5c6ccccc6c6ccccc6c5cc43)c3ccc(-c4ccccc4)cc3-c3ccccc3)cc21. The van der Waals surface area contributed by atoms with Crippen LogP contribution in [0.2, 0.25) is 0 Å². The van der Waals surface area contributed by atoms with Gasteiger partial charge in [0.05, 0.1) is 11.1 Å². The molecule has 0 N–H and O–H groups in total. The Bertz CT molecular complexity index is 4200. The summed E-state index contributed by atoms with van der Waals surface area (Å²) < 4.78 is 0. The fourth-order valence-corrected chi connectivity index (χ4v) is 13.3. The minimum Gasteiger partial charge on any atom is -0.310 e. The van der Waals surface area contributed by atoms with Crippen molar-refractivity contribution in [2.24, 2.45) is 0 Å². The van der Waals surface area contributed by atoms with E-state index in [1.807, 2.05) is 0 Å². The average molecular weight is 902 g/mol. The van der Waals surface area contributed by atoms with Crippen molar-refractivity contribution < 1.29 is 0 Å². The first-order valence-corrected chi connectivity index (χ1v) is 25.0. The highest BCUT2D eigenvalue weighted by atomic mass is 15.1. The van der Waals surface area contributed by atoms with Gasteiger partial charge in [0.25, 0.3) is 0 Å². The smallest absolute Gasteiger partial charge is 0.0726 e. The molecule has 0 bridgehead atoms. The Morgan fingerprint density at radius 2 is 0.690 bits per heavy atom. The Kier molecular flexibility index (Phi) is 8.40. The third kappa shape index (κ3) is 5.52. The molecule has 0 fully saturated rings. The quantitative estimate of drug-likeness (QED) is 0.156. The molecule has 71 heavy (non-hydrogen) atoms. The summed E-state index contributed by atoms with van der Waals surface area (Å²) in [6.45, 7) is 4.77. The molecule has 15 rings (SSSR count). The van der Waals surface area contributed by atoms with Crippen molar-refractivity contribution in [1.82, 2.24) is 0 Å². The van der Waals surface area contributed by atoms with Crippen LogP contribution in [0, 0.1) is 0 Å². The lowest BCUT2D eigenvalue weighted by atomic mass is 9.70. The van der Waals surface area contributed by atoms with Crippen molar-refractivity contribution in [2.75, 3.05) is 4.90 Å². The van der Waals surface area contributed by atoms with Crippen molar-refractivity contribution >= 4 is 49.4 Å². The first-order chi connectivity index (χ1) is 35.0. The lowest BCUT2D eigenvalue weighted by molar-refractivity contribution is 0.660. The largest absolute Gasteiger partial charge is 0.310 e. The lowest BCUT2D eigenvalue weighted by Crippen LogP contribution is -2.26. The van der Waals surface area contributed by atoms with E-state index in [0.717, 1.165) is 17.1 Å². The van der Waals surface area contributed by atoms with Gasteiger partial charge >= 0.3 is 0 Å². The maximum atomic E-state index is 2.58. The minimum atomic E-state index is -0.568. The summed E-state index contributed by atoms with van der Waals surface area (Å²) >= 11 is 0. The summed E-state index contributed by atoms with van der Waals surface area (Å²) in [5.74, 6) is 0. The highest BCUT2D eigenvalue weighted by molar-refractivity contribution is 6.26. The zero-order chi connectivity index (χ0) is 47.0. The molecule has 0 aromatic heterocycles. The molecule has 0 radical (unpaired) electrons. The molecule has 1 heteroatoms. The van der Waals surface area contributed by atoms with Crippen LogP contribution in [0.5, 0.6) is 0 Å². The molecule has 3 aliphatic carbocycles. The molecule has 1 nitrogen and oxygen atoms in total. The number of fused-ring (bicyclic) bond motifs is 19. The first-order valence-electron chi connectivity index (χ1n) is 25.0. The Morgan fingerprint density at radius 1 is 0.254 bits per heavy atom. The molecule has 1 unspecified atom stereocenters. The highest BCUT2D eigenvalue weighted by Crippen LogP contribution is 2.64. The second-order valence-electron chi connectivity index (χ2n) is 20.3. The number of nitrogens with zero attached hydrogens (tertiary/aromatic N) is 1. The molecule has 3 aliphatic rings. The zero-order valence-corrected chi connectivity index (χ0v) is 39.6. The van der Waals surface area contributed by atoms with Crippen LogP contribution in [-0.2, 0) is 10.8 Å². The molecule has 0 heterocycles. The van der Waals surface area contributed by atoms with Crippen LogP contribution in [0.4, 0.5) is 17.1 Å². The number of hydrogen-bond acceptors (Lipinski definition) is 1. The Hall–Kier alpha value is -8.78. The second kappa shape index (κ2) is 14.9. The molecule has 12 aromatic carbocycles. The molecule has 0 amide bonds. The van der Waals surface area contributed by atoms with Crippen molar-refractivity contribution in [3.8, 4) is 55.6 Å². The van der Waals surface area contributed by atoms with Gasteiger partial charge in [-0.15, -0.1) is 0 Å². The van der Waals surface area contributed by atoms with Crippen LogP contribution in [0.1, 0.15) is 47.2 Å². The fraction of sp³-hybridized carbons (Fsp3) is 0.0571. The van der Waals surface area contributed by atoms with E-state index < -0.39 is 5.41 Å². The van der Waals surface area contributed by atoms with E-state index in [1.165, 1.54) is 121 Å². The topological polar surface area (TPSA) is 3.24 Å². The Balaban J connectivity index is 1.03. The van der Waals surface area contributed by atoms with Gasteiger partial charge in [0.2, 0.25) is 0 Å². The van der Waals surface area contributed by atoms with Crippen molar-refractivity contribution in [2.45, 2.75) is 24.7 Å². The third-order valence-electron chi connectivity index (χ3n) is 16.4. The zero-order valence-electron chi connectivity index (χ0n) is 39.6. The van der Waals surface area contributed by atoms with Gasteiger partial charge in [0.15, 0.2) is 0 Å². The second-order valence-corrected chi connectivity index (χ2v) is 20.3. The van der Waals surface area contributed by atoms with E-state index in [9.17, 15) is 0 Å². The van der Waals surface area contributed by atoms with Crippen LogP contribution in [0.3, 0.4) is 0 Å². The van der Waals surface area contributed by atoms with E-state index in [2.05, 4.69) is 267 Å². The predicted molar refractivity (Wildman–Crippen MR) is 298 cm³/mol. The summed E-state index contributed by atoms with van der Waals surface area (Å²) in [5.41, 5.74) is 23.3. The normalized spacial score (nSPS) is 15.4. The molecule has 332 valence electrons. The van der Waals surface area contributed by atoms with Gasteiger partial charge < -0.3 is 4.90 Å². The Labute approximate surface area is 414 Å². The van der Waals surface area contributed by atoms with Gasteiger partial charge in [-0.05, 0) is 164 Å². The van der Waals surface area contributed by atoms with Gasteiger partial charge in [-0.25, -0.2) is 0 Å². The molecule has 0 saturated carbocycles. The summed E-state index contributed by atoms with van der Waals surface area (Å²) in [7, 11) is 0. The van der Waals surface area contributed by atoms with Crippen LogP contribution in [0.25, 0.3) is 88.0 Å². The third-order valence-corrected chi connectivity index (χ3v) is 16.4. The van der Waals surface area contributed by atoms with Crippen molar-refractivity contribution in [3.05, 3.63) is 282 Å². The predicted octanol–water partition coefficient (Wildman–Crippen LogP) is 18.6. The molecular weight excluding hydrogens is 855 g/mol. The van der Waals surface area contributed by atoms with Crippen LogP contribution < -0.4 is 4.90 Å². The highest BCUT2D eigenvalue weighted by Gasteiger charge is 2.52. The average Bonchev–Trinajstić information content (AvgIpc) is 3.99. The van der Waals surface area contributed by atoms with Crippen molar-refractivity contribution in [1.29, 1.82) is 0 Å². The number of anilines is 3. The molecule has 1 spiro atoms. The maximum absolute atomic E-state index is 2.58. The first kappa shape index (κ1) is 40.1. The van der Waals surface area contributed by atoms with Crippen molar-refractivity contribution in [3.63, 3.8) is 0 Å². The van der Waals surface area contributed by atoms with Gasteiger partial charge in [-0.1, -0.05) is 214 Å². The molecule has 1 atom stereocenters. The van der Waals surface area contributed by atoms with Gasteiger partial charge in [0.1, 0.15) is 0 Å². The van der Waals surface area contributed by atoms with E-state index in [0.29, 0.717) is 0 Å². The summed E-state index contributed by atoms with van der Waals surface area (Å²) in [4.78, 5) is 2.55. The summed E-state index contributed by atoms with van der Waals surface area (Å²) in [5, 5.41) is 7.75. The Morgan fingerprint density at radius 3 is 1.31 bits per heavy atom. The summed E-state index contributed by atoms with van der Waals surface area (Å²) in [6, 6.07) is 93.8. The number of rotatable bonds is 5. The summed E-state index contributed by atoms with van der Waals surface area (Å²) in [6.07, 6.45) is 0. The number of hydrogen-bond donors (Lipinski definition) is 0. The monoisotopic (exact) mass is 901 g/mol.